The fourth-order valence-electron chi connectivity index (χ4n) is 4.68. The molecule has 2 aliphatic carbocycles. The summed E-state index contributed by atoms with van der Waals surface area (Å²) in [5.74, 6) is 0. The molecule has 2 N–H and O–H groups in total. The topological polar surface area (TPSA) is 61.0 Å². The zero-order valence-corrected chi connectivity index (χ0v) is 13.7. The number of amides is 2. The molecule has 0 saturated heterocycles. The van der Waals surface area contributed by atoms with Gasteiger partial charge in [-0.2, -0.15) is 5.10 Å². The van der Waals surface area contributed by atoms with Gasteiger partial charge in [-0.25, -0.2) is 4.79 Å². The fourth-order valence-corrected chi connectivity index (χ4v) is 4.68. The maximum atomic E-state index is 13.0. The van der Waals surface area contributed by atoms with Crippen LogP contribution < -0.4 is 10.2 Å². The number of hydrogen-bond acceptors (Lipinski definition) is 2. The zero-order valence-electron chi connectivity index (χ0n) is 13.7. The second kappa shape index (κ2) is 5.10. The highest BCUT2D eigenvalue weighted by molar-refractivity contribution is 5.95. The summed E-state index contributed by atoms with van der Waals surface area (Å²) in [4.78, 5) is 15.0. The molecule has 2 aromatic rings. The van der Waals surface area contributed by atoms with Gasteiger partial charge in [-0.3, -0.25) is 10.00 Å². The van der Waals surface area contributed by atoms with Crippen molar-refractivity contribution < 1.29 is 4.79 Å². The van der Waals surface area contributed by atoms with Crippen LogP contribution in [0.4, 0.5) is 10.5 Å². The lowest BCUT2D eigenvalue weighted by Gasteiger charge is -2.39. The summed E-state index contributed by atoms with van der Waals surface area (Å²) in [6.07, 6.45) is 8.67. The summed E-state index contributed by atoms with van der Waals surface area (Å²) in [7, 11) is 0. The largest absolute Gasteiger partial charge is 0.329 e. The molecule has 1 fully saturated rings. The molecule has 1 aromatic carbocycles. The molecule has 0 radical (unpaired) electrons. The number of urea groups is 1. The van der Waals surface area contributed by atoms with Gasteiger partial charge in [0.05, 0.1) is 17.9 Å². The van der Waals surface area contributed by atoms with Gasteiger partial charge in [-0.15, -0.1) is 0 Å². The summed E-state index contributed by atoms with van der Waals surface area (Å²) < 4.78 is 0. The Morgan fingerprint density at radius 2 is 2.17 bits per heavy atom. The SMILES string of the molecule is O=C(NC1CCCc2cn[nH]c21)N1CC2(CCC2)c2ccccc21. The average Bonchev–Trinajstić information content (AvgIpc) is 3.17. The van der Waals surface area contributed by atoms with E-state index in [0.29, 0.717) is 0 Å². The number of nitrogens with one attached hydrogen (secondary N) is 2. The van der Waals surface area contributed by atoms with E-state index in [1.54, 1.807) is 0 Å². The first kappa shape index (κ1) is 14.1. The Morgan fingerprint density at radius 1 is 1.29 bits per heavy atom. The van der Waals surface area contributed by atoms with Crippen LogP contribution in [0.1, 0.15) is 55.0 Å². The Kier molecular flexibility index (Phi) is 2.99. The van der Waals surface area contributed by atoms with E-state index in [4.69, 9.17) is 0 Å². The van der Waals surface area contributed by atoms with Crippen LogP contribution in [-0.2, 0) is 11.8 Å². The van der Waals surface area contributed by atoms with Crippen molar-refractivity contribution in [1.29, 1.82) is 0 Å². The summed E-state index contributed by atoms with van der Waals surface area (Å²) in [6, 6.07) is 8.50. The highest BCUT2D eigenvalue weighted by Crippen LogP contribution is 2.52. The third-order valence-electron chi connectivity index (χ3n) is 6.12. The van der Waals surface area contributed by atoms with Crippen LogP contribution >= 0.6 is 0 Å². The quantitative estimate of drug-likeness (QED) is 0.845. The Bertz CT molecular complexity index is 792. The number of fused-ring (bicyclic) bond motifs is 3. The lowest BCUT2D eigenvalue weighted by Crippen LogP contribution is -2.46. The van der Waals surface area contributed by atoms with Crippen molar-refractivity contribution in [1.82, 2.24) is 15.5 Å². The Balaban J connectivity index is 1.41. The van der Waals surface area contributed by atoms with Crippen LogP contribution in [0.5, 0.6) is 0 Å². The summed E-state index contributed by atoms with van der Waals surface area (Å²) in [5, 5.41) is 10.5. The second-order valence-electron chi connectivity index (χ2n) is 7.44. The fraction of sp³-hybridized carbons (Fsp3) is 0.474. The molecule has 124 valence electrons. The number of nitrogens with zero attached hydrogens (tertiary/aromatic N) is 2. The van der Waals surface area contributed by atoms with Gasteiger partial charge in [0.15, 0.2) is 0 Å². The number of aromatic amines is 1. The van der Waals surface area contributed by atoms with Crippen LogP contribution in [0, 0.1) is 0 Å². The zero-order chi connectivity index (χ0) is 16.1. The molecule has 1 atom stereocenters. The number of hydrogen-bond donors (Lipinski definition) is 2. The molecular weight excluding hydrogens is 300 g/mol. The van der Waals surface area contributed by atoms with Crippen molar-refractivity contribution in [2.75, 3.05) is 11.4 Å². The van der Waals surface area contributed by atoms with Gasteiger partial charge in [-0.05, 0) is 49.3 Å². The van der Waals surface area contributed by atoms with Gasteiger partial charge in [0.25, 0.3) is 0 Å². The molecule has 5 heteroatoms. The first-order valence-corrected chi connectivity index (χ1v) is 8.97. The molecule has 5 rings (SSSR count). The minimum atomic E-state index is 0.0266. The monoisotopic (exact) mass is 322 g/mol. The minimum Gasteiger partial charge on any atom is -0.329 e. The predicted octanol–water partition coefficient (Wildman–Crippen LogP) is 3.44. The smallest absolute Gasteiger partial charge is 0.322 e. The van der Waals surface area contributed by atoms with Crippen LogP contribution in [0.2, 0.25) is 0 Å². The Morgan fingerprint density at radius 3 is 3.00 bits per heavy atom. The minimum absolute atomic E-state index is 0.0266. The summed E-state index contributed by atoms with van der Waals surface area (Å²) >= 11 is 0. The normalized spacial score (nSPS) is 23.5. The number of H-pyrrole nitrogens is 1. The highest BCUT2D eigenvalue weighted by Gasteiger charge is 2.48. The number of aromatic nitrogens is 2. The molecule has 2 amide bonds. The lowest BCUT2D eigenvalue weighted by molar-refractivity contribution is 0.231. The van der Waals surface area contributed by atoms with E-state index in [1.165, 1.54) is 30.4 Å². The molecule has 1 aromatic heterocycles. The lowest BCUT2D eigenvalue weighted by atomic mass is 9.66. The standard InChI is InChI=1S/C19H22N4O/c24-18(21-15-7-3-5-13-11-20-22-17(13)15)23-12-19(9-4-10-19)14-6-1-2-8-16(14)23/h1-2,6,8,11,15H,3-5,7,9-10,12H2,(H,20,22)(H,21,24). The van der Waals surface area contributed by atoms with E-state index < -0.39 is 0 Å². The van der Waals surface area contributed by atoms with E-state index in [0.717, 1.165) is 37.2 Å². The van der Waals surface area contributed by atoms with E-state index in [9.17, 15) is 4.79 Å². The van der Waals surface area contributed by atoms with Crippen LogP contribution in [0.25, 0.3) is 0 Å². The first-order valence-electron chi connectivity index (χ1n) is 8.97. The molecule has 2 heterocycles. The number of rotatable bonds is 1. The maximum absolute atomic E-state index is 13.0. The van der Waals surface area contributed by atoms with Gasteiger partial charge in [0.2, 0.25) is 0 Å². The van der Waals surface area contributed by atoms with Crippen molar-refractivity contribution in [2.24, 2.45) is 0 Å². The van der Waals surface area contributed by atoms with E-state index in [1.807, 2.05) is 17.2 Å². The molecule has 3 aliphatic rings. The van der Waals surface area contributed by atoms with Crippen molar-refractivity contribution >= 4 is 11.7 Å². The van der Waals surface area contributed by atoms with Crippen LogP contribution in [-0.4, -0.2) is 22.8 Å². The Labute approximate surface area is 141 Å². The number of anilines is 1. The van der Waals surface area contributed by atoms with Crippen molar-refractivity contribution in [2.45, 2.75) is 50.0 Å². The van der Waals surface area contributed by atoms with Gasteiger partial charge in [-0.1, -0.05) is 24.6 Å². The van der Waals surface area contributed by atoms with Gasteiger partial charge in [0, 0.05) is 17.6 Å². The molecule has 1 saturated carbocycles. The summed E-state index contributed by atoms with van der Waals surface area (Å²) in [6.45, 7) is 0.820. The predicted molar refractivity (Wildman–Crippen MR) is 92.1 cm³/mol. The molecular formula is C19H22N4O. The van der Waals surface area contributed by atoms with E-state index >= 15 is 0 Å². The van der Waals surface area contributed by atoms with Crippen molar-refractivity contribution in [3.8, 4) is 0 Å². The van der Waals surface area contributed by atoms with Crippen LogP contribution in [0.15, 0.2) is 30.5 Å². The van der Waals surface area contributed by atoms with Crippen molar-refractivity contribution in [3.05, 3.63) is 47.3 Å². The molecule has 5 nitrogen and oxygen atoms in total. The number of aryl methyl sites for hydroxylation is 1. The number of carbonyl (C=O) groups is 1. The molecule has 0 bridgehead atoms. The third kappa shape index (κ3) is 1.93. The Hall–Kier alpha value is -2.30. The van der Waals surface area contributed by atoms with E-state index in [2.05, 4.69) is 33.7 Å². The second-order valence-corrected chi connectivity index (χ2v) is 7.44. The van der Waals surface area contributed by atoms with E-state index in [-0.39, 0.29) is 17.5 Å². The number of para-hydroxylation sites is 1. The first-order chi connectivity index (χ1) is 11.8. The highest BCUT2D eigenvalue weighted by atomic mass is 16.2. The van der Waals surface area contributed by atoms with Crippen LogP contribution in [0.3, 0.4) is 0 Å². The molecule has 1 spiro atoms. The molecule has 1 unspecified atom stereocenters. The number of carbonyl (C=O) groups excluding carboxylic acids is 1. The van der Waals surface area contributed by atoms with Gasteiger partial charge >= 0.3 is 6.03 Å². The molecule has 24 heavy (non-hydrogen) atoms. The number of benzene rings is 1. The van der Waals surface area contributed by atoms with Crippen molar-refractivity contribution in [3.63, 3.8) is 0 Å². The molecule has 1 aliphatic heterocycles. The average molecular weight is 322 g/mol. The summed E-state index contributed by atoms with van der Waals surface area (Å²) in [5.41, 5.74) is 4.98. The van der Waals surface area contributed by atoms with Gasteiger partial charge in [0.1, 0.15) is 0 Å². The van der Waals surface area contributed by atoms with Gasteiger partial charge < -0.3 is 5.32 Å². The maximum Gasteiger partial charge on any atom is 0.322 e. The third-order valence-corrected chi connectivity index (χ3v) is 6.12.